The predicted molar refractivity (Wildman–Crippen MR) is 96.2 cm³/mol. The summed E-state index contributed by atoms with van der Waals surface area (Å²) in [5, 5.41) is 3.32. The summed E-state index contributed by atoms with van der Waals surface area (Å²) in [6.45, 7) is 3.59. The van der Waals surface area contributed by atoms with Gasteiger partial charge in [0.25, 0.3) is 0 Å². The number of anilines is 1. The lowest BCUT2D eigenvalue weighted by Gasteiger charge is -2.25. The fourth-order valence-corrected chi connectivity index (χ4v) is 2.60. The number of ether oxygens (including phenoxy) is 2. The molecule has 1 aliphatic rings. The van der Waals surface area contributed by atoms with Crippen LogP contribution in [0, 0.1) is 0 Å². The SMILES string of the molecule is C[C@H](C(=O)Nc1ccc(Cl)cn1)N(C)Cc1ccc2c(c1)OCCO2. The van der Waals surface area contributed by atoms with Crippen molar-refractivity contribution in [3.8, 4) is 11.5 Å². The van der Waals surface area contributed by atoms with Crippen LogP contribution in [0.15, 0.2) is 36.5 Å². The number of fused-ring (bicyclic) bond motifs is 1. The van der Waals surface area contributed by atoms with Crippen molar-refractivity contribution in [1.29, 1.82) is 0 Å². The summed E-state index contributed by atoms with van der Waals surface area (Å²) in [6, 6.07) is 8.87. The van der Waals surface area contributed by atoms with Crippen molar-refractivity contribution in [3.63, 3.8) is 0 Å². The molecule has 0 radical (unpaired) electrons. The number of rotatable bonds is 5. The van der Waals surface area contributed by atoms with Gasteiger partial charge in [0, 0.05) is 12.7 Å². The Morgan fingerprint density at radius 2 is 2.04 bits per heavy atom. The number of hydrogen-bond donors (Lipinski definition) is 1. The maximum atomic E-state index is 12.4. The zero-order chi connectivity index (χ0) is 17.8. The van der Waals surface area contributed by atoms with Gasteiger partial charge in [-0.1, -0.05) is 17.7 Å². The van der Waals surface area contributed by atoms with Gasteiger partial charge in [-0.25, -0.2) is 4.98 Å². The normalized spacial score (nSPS) is 14.2. The fraction of sp³-hybridized carbons (Fsp3) is 0.333. The van der Waals surface area contributed by atoms with E-state index < -0.39 is 0 Å². The van der Waals surface area contributed by atoms with Crippen molar-refractivity contribution in [3.05, 3.63) is 47.1 Å². The van der Waals surface area contributed by atoms with Crippen molar-refractivity contribution in [1.82, 2.24) is 9.88 Å². The molecule has 25 heavy (non-hydrogen) atoms. The third-order valence-electron chi connectivity index (χ3n) is 4.06. The van der Waals surface area contributed by atoms with Crippen molar-refractivity contribution in [2.24, 2.45) is 0 Å². The number of amides is 1. The molecule has 1 aromatic heterocycles. The highest BCUT2D eigenvalue weighted by Crippen LogP contribution is 2.31. The smallest absolute Gasteiger partial charge is 0.242 e. The molecule has 1 N–H and O–H groups in total. The Morgan fingerprint density at radius 3 is 2.76 bits per heavy atom. The number of pyridine rings is 1. The summed E-state index contributed by atoms with van der Waals surface area (Å²) in [4.78, 5) is 18.4. The molecule has 0 saturated carbocycles. The van der Waals surface area contributed by atoms with Crippen LogP contribution < -0.4 is 14.8 Å². The van der Waals surface area contributed by atoms with Crippen LogP contribution in [-0.4, -0.2) is 42.1 Å². The molecule has 2 heterocycles. The first-order valence-corrected chi connectivity index (χ1v) is 8.42. The quantitative estimate of drug-likeness (QED) is 0.887. The van der Waals surface area contributed by atoms with Crippen LogP contribution in [0.4, 0.5) is 5.82 Å². The van der Waals surface area contributed by atoms with Crippen LogP contribution in [0.3, 0.4) is 0 Å². The zero-order valence-corrected chi connectivity index (χ0v) is 14.9. The molecule has 2 aromatic rings. The van der Waals surface area contributed by atoms with Gasteiger partial charge in [0.2, 0.25) is 5.91 Å². The van der Waals surface area contributed by atoms with E-state index in [1.54, 1.807) is 12.1 Å². The van der Waals surface area contributed by atoms with E-state index in [0.717, 1.165) is 17.1 Å². The third kappa shape index (κ3) is 4.41. The molecular formula is C18H20ClN3O3. The Balaban J connectivity index is 1.60. The van der Waals surface area contributed by atoms with E-state index in [4.69, 9.17) is 21.1 Å². The minimum absolute atomic E-state index is 0.130. The minimum atomic E-state index is -0.328. The Bertz CT molecular complexity index is 752. The molecule has 1 amide bonds. The summed E-state index contributed by atoms with van der Waals surface area (Å²) in [5.74, 6) is 1.86. The molecule has 0 bridgehead atoms. The third-order valence-corrected chi connectivity index (χ3v) is 4.28. The molecule has 0 fully saturated rings. The van der Waals surface area contributed by atoms with Gasteiger partial charge in [0.1, 0.15) is 19.0 Å². The van der Waals surface area contributed by atoms with E-state index >= 15 is 0 Å². The molecule has 0 aliphatic carbocycles. The van der Waals surface area contributed by atoms with Gasteiger partial charge < -0.3 is 14.8 Å². The molecule has 0 saturated heterocycles. The van der Waals surface area contributed by atoms with Crippen molar-refractivity contribution in [2.75, 3.05) is 25.6 Å². The lowest BCUT2D eigenvalue weighted by Crippen LogP contribution is -2.39. The van der Waals surface area contributed by atoms with E-state index in [1.807, 2.05) is 37.1 Å². The highest BCUT2D eigenvalue weighted by Gasteiger charge is 2.20. The van der Waals surface area contributed by atoms with Gasteiger partial charge in [-0.3, -0.25) is 9.69 Å². The van der Waals surface area contributed by atoms with Gasteiger partial charge in [0.15, 0.2) is 11.5 Å². The Morgan fingerprint density at radius 1 is 1.28 bits per heavy atom. The van der Waals surface area contributed by atoms with Crippen molar-refractivity contribution in [2.45, 2.75) is 19.5 Å². The molecule has 0 unspecified atom stereocenters. The first kappa shape index (κ1) is 17.5. The minimum Gasteiger partial charge on any atom is -0.486 e. The summed E-state index contributed by atoms with van der Waals surface area (Å²) in [5.41, 5.74) is 1.05. The zero-order valence-electron chi connectivity index (χ0n) is 14.2. The van der Waals surface area contributed by atoms with Gasteiger partial charge in [-0.2, -0.15) is 0 Å². The Hall–Kier alpha value is -2.31. The van der Waals surface area contributed by atoms with Gasteiger partial charge in [0.05, 0.1) is 11.1 Å². The fourth-order valence-electron chi connectivity index (χ4n) is 2.49. The standard InChI is InChI=1S/C18H20ClN3O3/c1-12(18(23)21-17-6-4-14(19)10-20-17)22(2)11-13-3-5-15-16(9-13)25-8-7-24-15/h3-6,9-10,12H,7-8,11H2,1-2H3,(H,20,21,23)/t12-/m1/s1. The van der Waals surface area contributed by atoms with Gasteiger partial charge in [-0.05, 0) is 43.8 Å². The predicted octanol–water partition coefficient (Wildman–Crippen LogP) is 2.97. The van der Waals surface area contributed by atoms with E-state index in [-0.39, 0.29) is 11.9 Å². The first-order valence-electron chi connectivity index (χ1n) is 8.04. The molecule has 1 aromatic carbocycles. The second-order valence-corrected chi connectivity index (χ2v) is 6.36. The molecule has 7 heteroatoms. The number of carbonyl (C=O) groups is 1. The average Bonchev–Trinajstić information content (AvgIpc) is 2.62. The number of likely N-dealkylation sites (N-methyl/N-ethyl adjacent to an activating group) is 1. The second kappa shape index (κ2) is 7.72. The maximum absolute atomic E-state index is 12.4. The van der Waals surface area contributed by atoms with E-state index in [0.29, 0.717) is 30.6 Å². The number of halogens is 1. The highest BCUT2D eigenvalue weighted by molar-refractivity contribution is 6.30. The molecule has 3 rings (SSSR count). The van der Waals surface area contributed by atoms with Crippen molar-refractivity contribution < 1.29 is 14.3 Å². The molecular weight excluding hydrogens is 342 g/mol. The molecule has 1 atom stereocenters. The van der Waals surface area contributed by atoms with E-state index in [1.165, 1.54) is 6.20 Å². The van der Waals surface area contributed by atoms with Crippen molar-refractivity contribution >= 4 is 23.3 Å². The lowest BCUT2D eigenvalue weighted by molar-refractivity contribution is -0.120. The maximum Gasteiger partial charge on any atom is 0.242 e. The topological polar surface area (TPSA) is 63.7 Å². The second-order valence-electron chi connectivity index (χ2n) is 5.92. The Labute approximate surface area is 151 Å². The molecule has 6 nitrogen and oxygen atoms in total. The van der Waals surface area contributed by atoms with E-state index in [2.05, 4.69) is 10.3 Å². The summed E-state index contributed by atoms with van der Waals surface area (Å²) in [6.07, 6.45) is 1.50. The molecule has 0 spiro atoms. The number of aromatic nitrogens is 1. The van der Waals surface area contributed by atoms with Crippen LogP contribution in [0.25, 0.3) is 0 Å². The number of carbonyl (C=O) groups excluding carboxylic acids is 1. The largest absolute Gasteiger partial charge is 0.486 e. The molecule has 132 valence electrons. The summed E-state index contributed by atoms with van der Waals surface area (Å²) >= 11 is 5.80. The first-order chi connectivity index (χ1) is 12.0. The van der Waals surface area contributed by atoms with Gasteiger partial charge >= 0.3 is 0 Å². The number of benzene rings is 1. The summed E-state index contributed by atoms with van der Waals surface area (Å²) < 4.78 is 11.1. The monoisotopic (exact) mass is 361 g/mol. The Kier molecular flexibility index (Phi) is 5.40. The van der Waals surface area contributed by atoms with Crippen LogP contribution in [-0.2, 0) is 11.3 Å². The number of nitrogens with one attached hydrogen (secondary N) is 1. The van der Waals surface area contributed by atoms with Crippen LogP contribution in [0.1, 0.15) is 12.5 Å². The van der Waals surface area contributed by atoms with Crippen LogP contribution in [0.2, 0.25) is 5.02 Å². The van der Waals surface area contributed by atoms with Crippen LogP contribution >= 0.6 is 11.6 Å². The lowest BCUT2D eigenvalue weighted by atomic mass is 10.1. The number of nitrogens with zero attached hydrogens (tertiary/aromatic N) is 2. The van der Waals surface area contributed by atoms with Crippen LogP contribution in [0.5, 0.6) is 11.5 Å². The summed E-state index contributed by atoms with van der Waals surface area (Å²) in [7, 11) is 1.90. The molecule has 1 aliphatic heterocycles. The van der Waals surface area contributed by atoms with E-state index in [9.17, 15) is 4.79 Å². The number of hydrogen-bond acceptors (Lipinski definition) is 5. The highest BCUT2D eigenvalue weighted by atomic mass is 35.5. The average molecular weight is 362 g/mol. The van der Waals surface area contributed by atoms with Gasteiger partial charge in [-0.15, -0.1) is 0 Å².